The molecule has 0 radical (unpaired) electrons. The van der Waals surface area contributed by atoms with Gasteiger partial charge in [0.05, 0.1) is 49.1 Å². The fraction of sp³-hybridized carbons (Fsp3) is 0.200. The van der Waals surface area contributed by atoms with Gasteiger partial charge in [0.15, 0.2) is 11.5 Å². The van der Waals surface area contributed by atoms with Crippen LogP contribution in [0.3, 0.4) is 0 Å². The van der Waals surface area contributed by atoms with Gasteiger partial charge in [0.2, 0.25) is 15.8 Å². The van der Waals surface area contributed by atoms with Crippen LogP contribution >= 0.6 is 0 Å². The lowest BCUT2D eigenvalue weighted by Gasteiger charge is -2.14. The lowest BCUT2D eigenvalue weighted by atomic mass is 10.0. The summed E-state index contributed by atoms with van der Waals surface area (Å²) < 4.78 is 43.4. The number of sulfonamides is 1. The Morgan fingerprint density at radius 3 is 2.15 bits per heavy atom. The Balaban J connectivity index is 1.82. The summed E-state index contributed by atoms with van der Waals surface area (Å²) >= 11 is 0. The Morgan fingerprint density at radius 1 is 0.882 bits per heavy atom. The van der Waals surface area contributed by atoms with Crippen LogP contribution < -0.4 is 18.9 Å². The zero-order chi connectivity index (χ0) is 24.3. The Bertz CT molecular complexity index is 1410. The first-order valence-corrected chi connectivity index (χ1v) is 12.1. The quantitative estimate of drug-likeness (QED) is 0.402. The van der Waals surface area contributed by atoms with Crippen molar-refractivity contribution in [2.45, 2.75) is 11.8 Å². The highest BCUT2D eigenvalue weighted by atomic mass is 32.2. The van der Waals surface area contributed by atoms with Crippen LogP contribution in [0.5, 0.6) is 17.2 Å². The second-order valence-electron chi connectivity index (χ2n) is 7.37. The van der Waals surface area contributed by atoms with E-state index in [1.54, 1.807) is 58.7 Å². The molecule has 0 bridgehead atoms. The fourth-order valence-corrected chi connectivity index (χ4v) is 4.76. The van der Waals surface area contributed by atoms with Crippen LogP contribution in [0.4, 0.5) is 0 Å². The smallest absolute Gasteiger partial charge is 0.240 e. The number of hydrogen-bond acceptors (Lipinski definition) is 7. The van der Waals surface area contributed by atoms with Crippen LogP contribution in [0.25, 0.3) is 33.4 Å². The number of benzene rings is 3. The van der Waals surface area contributed by atoms with E-state index in [0.29, 0.717) is 35.0 Å². The van der Waals surface area contributed by atoms with Crippen molar-refractivity contribution in [3.05, 3.63) is 60.8 Å². The van der Waals surface area contributed by atoms with E-state index in [4.69, 9.17) is 19.2 Å². The zero-order valence-electron chi connectivity index (χ0n) is 19.3. The second kappa shape index (κ2) is 9.66. The maximum Gasteiger partial charge on any atom is 0.240 e. The van der Waals surface area contributed by atoms with E-state index >= 15 is 0 Å². The minimum Gasteiger partial charge on any atom is -0.493 e. The molecule has 0 unspecified atom stereocenters. The molecule has 9 heteroatoms. The maximum absolute atomic E-state index is 12.3. The molecule has 0 fully saturated rings. The largest absolute Gasteiger partial charge is 0.493 e. The van der Waals surface area contributed by atoms with E-state index < -0.39 is 10.0 Å². The van der Waals surface area contributed by atoms with Crippen molar-refractivity contribution in [1.29, 1.82) is 0 Å². The third-order valence-electron chi connectivity index (χ3n) is 5.34. The minimum atomic E-state index is -3.53. The van der Waals surface area contributed by atoms with Gasteiger partial charge in [0, 0.05) is 17.7 Å². The first-order chi connectivity index (χ1) is 16.4. The zero-order valence-corrected chi connectivity index (χ0v) is 20.1. The molecule has 0 atom stereocenters. The molecule has 0 amide bonds. The molecule has 1 N–H and O–H groups in total. The van der Waals surface area contributed by atoms with Gasteiger partial charge in [-0.1, -0.05) is 31.2 Å². The Morgan fingerprint density at radius 2 is 1.56 bits per heavy atom. The number of nitrogens with one attached hydrogen (secondary N) is 1. The van der Waals surface area contributed by atoms with Crippen LogP contribution in [-0.4, -0.2) is 46.3 Å². The van der Waals surface area contributed by atoms with Gasteiger partial charge in [-0.25, -0.2) is 18.1 Å². The van der Waals surface area contributed by atoms with Gasteiger partial charge in [-0.15, -0.1) is 0 Å². The molecular formula is C25H25N3O5S. The number of aromatic nitrogens is 2. The van der Waals surface area contributed by atoms with Gasteiger partial charge in [0.1, 0.15) is 0 Å². The Kier molecular flexibility index (Phi) is 6.67. The Labute approximate surface area is 198 Å². The molecule has 0 aliphatic rings. The van der Waals surface area contributed by atoms with Gasteiger partial charge < -0.3 is 14.2 Å². The van der Waals surface area contributed by atoms with Crippen molar-refractivity contribution in [2.75, 3.05) is 27.9 Å². The standard InChI is InChI=1S/C25H25N3O5S/c1-5-27-34(29,30)18-11-9-16(10-12-18)19-7-6-8-20-24(19)28-21(15-26-20)17-13-22(31-2)25(33-4)23(14-17)32-3/h6-15,27H,5H2,1-4H3. The number of hydrogen-bond donors (Lipinski definition) is 1. The number of rotatable bonds is 8. The third-order valence-corrected chi connectivity index (χ3v) is 6.90. The molecular weight excluding hydrogens is 454 g/mol. The van der Waals surface area contributed by atoms with Crippen molar-refractivity contribution < 1.29 is 22.6 Å². The van der Waals surface area contributed by atoms with E-state index in [9.17, 15) is 8.42 Å². The molecule has 0 saturated carbocycles. The molecule has 3 aromatic carbocycles. The minimum absolute atomic E-state index is 0.211. The predicted octanol–water partition coefficient (Wildman–Crippen LogP) is 4.29. The number of para-hydroxylation sites is 1. The van der Waals surface area contributed by atoms with Crippen molar-refractivity contribution >= 4 is 21.1 Å². The number of methoxy groups -OCH3 is 3. The SMILES string of the molecule is CCNS(=O)(=O)c1ccc(-c2cccc3ncc(-c4cc(OC)c(OC)c(OC)c4)nc23)cc1. The van der Waals surface area contributed by atoms with Crippen LogP contribution in [0.1, 0.15) is 6.92 Å². The van der Waals surface area contributed by atoms with Crippen LogP contribution in [0, 0.1) is 0 Å². The highest BCUT2D eigenvalue weighted by molar-refractivity contribution is 7.89. The first kappa shape index (κ1) is 23.5. The van der Waals surface area contributed by atoms with Gasteiger partial charge in [-0.3, -0.25) is 4.98 Å². The average Bonchev–Trinajstić information content (AvgIpc) is 2.87. The molecule has 34 heavy (non-hydrogen) atoms. The lowest BCUT2D eigenvalue weighted by molar-refractivity contribution is 0.324. The first-order valence-electron chi connectivity index (χ1n) is 10.6. The lowest BCUT2D eigenvalue weighted by Crippen LogP contribution is -2.22. The molecule has 1 aromatic heterocycles. The average molecular weight is 480 g/mol. The monoisotopic (exact) mass is 479 g/mol. The van der Waals surface area contributed by atoms with Crippen LogP contribution in [-0.2, 0) is 10.0 Å². The van der Waals surface area contributed by atoms with Crippen molar-refractivity contribution in [1.82, 2.24) is 14.7 Å². The normalized spacial score (nSPS) is 11.4. The topological polar surface area (TPSA) is 99.6 Å². The van der Waals surface area contributed by atoms with Crippen molar-refractivity contribution in [2.24, 2.45) is 0 Å². The second-order valence-corrected chi connectivity index (χ2v) is 9.14. The van der Waals surface area contributed by atoms with Gasteiger partial charge in [-0.2, -0.15) is 0 Å². The third kappa shape index (κ3) is 4.40. The molecule has 1 heterocycles. The van der Waals surface area contributed by atoms with E-state index in [1.165, 1.54) is 0 Å². The van der Waals surface area contributed by atoms with E-state index in [-0.39, 0.29) is 4.90 Å². The van der Waals surface area contributed by atoms with E-state index in [0.717, 1.165) is 22.2 Å². The van der Waals surface area contributed by atoms with Crippen LogP contribution in [0.15, 0.2) is 65.7 Å². The van der Waals surface area contributed by atoms with Gasteiger partial charge in [-0.05, 0) is 35.9 Å². The van der Waals surface area contributed by atoms with Gasteiger partial charge in [0.25, 0.3) is 0 Å². The van der Waals surface area contributed by atoms with E-state index in [2.05, 4.69) is 9.71 Å². The number of nitrogens with zero attached hydrogens (tertiary/aromatic N) is 2. The fourth-order valence-electron chi connectivity index (χ4n) is 3.72. The summed E-state index contributed by atoms with van der Waals surface area (Å²) in [7, 11) is 1.15. The molecule has 8 nitrogen and oxygen atoms in total. The summed E-state index contributed by atoms with van der Waals surface area (Å²) in [4.78, 5) is 9.69. The number of ether oxygens (including phenoxy) is 3. The Hall–Kier alpha value is -3.69. The van der Waals surface area contributed by atoms with Crippen LogP contribution in [0.2, 0.25) is 0 Å². The predicted molar refractivity (Wildman–Crippen MR) is 131 cm³/mol. The molecule has 0 aliphatic heterocycles. The molecule has 0 aliphatic carbocycles. The molecule has 0 spiro atoms. The van der Waals surface area contributed by atoms with Crippen molar-refractivity contribution in [3.63, 3.8) is 0 Å². The summed E-state index contributed by atoms with van der Waals surface area (Å²) in [6, 6.07) is 16.1. The molecule has 4 aromatic rings. The highest BCUT2D eigenvalue weighted by Gasteiger charge is 2.17. The molecule has 176 valence electrons. The summed E-state index contributed by atoms with van der Waals surface area (Å²) in [6.07, 6.45) is 1.69. The maximum atomic E-state index is 12.3. The summed E-state index contributed by atoms with van der Waals surface area (Å²) in [5.74, 6) is 1.53. The summed E-state index contributed by atoms with van der Waals surface area (Å²) in [5.41, 5.74) is 4.47. The highest BCUT2D eigenvalue weighted by Crippen LogP contribution is 2.41. The van der Waals surface area contributed by atoms with Gasteiger partial charge >= 0.3 is 0 Å². The van der Waals surface area contributed by atoms with Crippen molar-refractivity contribution in [3.8, 4) is 39.6 Å². The number of fused-ring (bicyclic) bond motifs is 1. The molecule has 0 saturated heterocycles. The summed E-state index contributed by atoms with van der Waals surface area (Å²) in [5, 5.41) is 0. The molecule has 4 rings (SSSR count). The van der Waals surface area contributed by atoms with E-state index in [1.807, 2.05) is 30.3 Å². The summed E-state index contributed by atoms with van der Waals surface area (Å²) in [6.45, 7) is 2.07.